The topological polar surface area (TPSA) is 39.9 Å². The van der Waals surface area contributed by atoms with Crippen molar-refractivity contribution < 1.29 is 13.5 Å². The van der Waals surface area contributed by atoms with Crippen molar-refractivity contribution in [3.63, 3.8) is 0 Å². The Hall–Kier alpha value is -1.50. The first-order valence-corrected chi connectivity index (χ1v) is 6.64. The molecule has 1 aliphatic heterocycles. The Morgan fingerprint density at radius 3 is 2.74 bits per heavy atom. The number of aromatic nitrogens is 3. The van der Waals surface area contributed by atoms with Crippen LogP contribution < -0.4 is 4.74 Å². The molecule has 3 rings (SSSR count). The predicted molar refractivity (Wildman–Crippen MR) is 66.7 cm³/mol. The standard InChI is InChI=1S/C12H10BrF2N3O/c13-12-16-11-10(2-1-3-18(11)17-12)19-9-5-7(14)4-8(15)6-9/h4-6,10H,1-3H2. The second-order valence-corrected chi connectivity index (χ2v) is 5.03. The summed E-state index contributed by atoms with van der Waals surface area (Å²) >= 11 is 3.21. The zero-order valence-corrected chi connectivity index (χ0v) is 11.4. The van der Waals surface area contributed by atoms with Crippen LogP contribution >= 0.6 is 15.9 Å². The van der Waals surface area contributed by atoms with Crippen LogP contribution in [0.3, 0.4) is 0 Å². The van der Waals surface area contributed by atoms with Gasteiger partial charge in [-0.1, -0.05) is 0 Å². The van der Waals surface area contributed by atoms with Crippen molar-refractivity contribution in [1.29, 1.82) is 0 Å². The van der Waals surface area contributed by atoms with E-state index < -0.39 is 11.6 Å². The van der Waals surface area contributed by atoms with Gasteiger partial charge >= 0.3 is 0 Å². The molecule has 4 nitrogen and oxygen atoms in total. The maximum atomic E-state index is 13.1. The average molecular weight is 330 g/mol. The first kappa shape index (κ1) is 12.5. The molecule has 19 heavy (non-hydrogen) atoms. The van der Waals surface area contributed by atoms with E-state index in [0.29, 0.717) is 10.6 Å². The highest BCUT2D eigenvalue weighted by molar-refractivity contribution is 9.10. The molecule has 100 valence electrons. The van der Waals surface area contributed by atoms with Crippen molar-refractivity contribution in [2.45, 2.75) is 25.5 Å². The number of rotatable bonds is 2. The molecule has 1 aromatic heterocycles. The van der Waals surface area contributed by atoms with Crippen LogP contribution in [0.25, 0.3) is 0 Å². The van der Waals surface area contributed by atoms with Crippen LogP contribution in [-0.4, -0.2) is 14.8 Å². The third-order valence-electron chi connectivity index (χ3n) is 2.91. The van der Waals surface area contributed by atoms with Crippen LogP contribution in [0, 0.1) is 11.6 Å². The monoisotopic (exact) mass is 329 g/mol. The van der Waals surface area contributed by atoms with Gasteiger partial charge in [0.25, 0.3) is 0 Å². The van der Waals surface area contributed by atoms with E-state index >= 15 is 0 Å². The molecular formula is C12H10BrF2N3O. The van der Waals surface area contributed by atoms with E-state index in [1.54, 1.807) is 4.68 Å². The third kappa shape index (κ3) is 2.60. The zero-order valence-electron chi connectivity index (χ0n) is 9.81. The maximum absolute atomic E-state index is 13.1. The van der Waals surface area contributed by atoms with Gasteiger partial charge < -0.3 is 4.74 Å². The largest absolute Gasteiger partial charge is 0.482 e. The Bertz CT molecular complexity index is 597. The number of nitrogens with zero attached hydrogens (tertiary/aromatic N) is 3. The van der Waals surface area contributed by atoms with Crippen LogP contribution in [0.15, 0.2) is 22.9 Å². The lowest BCUT2D eigenvalue weighted by molar-refractivity contribution is 0.154. The summed E-state index contributed by atoms with van der Waals surface area (Å²) in [7, 11) is 0. The van der Waals surface area contributed by atoms with E-state index in [0.717, 1.165) is 37.6 Å². The summed E-state index contributed by atoms with van der Waals surface area (Å²) in [4.78, 5) is 4.23. The SMILES string of the molecule is Fc1cc(F)cc(OC2CCCn3nc(Br)nc32)c1. The van der Waals surface area contributed by atoms with Gasteiger partial charge in [-0.15, -0.1) is 5.10 Å². The molecule has 1 unspecified atom stereocenters. The molecule has 0 saturated carbocycles. The number of halogens is 3. The van der Waals surface area contributed by atoms with E-state index in [9.17, 15) is 8.78 Å². The fraction of sp³-hybridized carbons (Fsp3) is 0.333. The van der Waals surface area contributed by atoms with Crippen molar-refractivity contribution >= 4 is 15.9 Å². The van der Waals surface area contributed by atoms with E-state index in [4.69, 9.17) is 4.74 Å². The minimum Gasteiger partial charge on any atom is -0.482 e. The van der Waals surface area contributed by atoms with Crippen molar-refractivity contribution in [3.8, 4) is 5.75 Å². The molecule has 1 aliphatic rings. The Labute approximate surface area is 116 Å². The Morgan fingerprint density at radius 1 is 1.26 bits per heavy atom. The normalized spacial score (nSPS) is 18.2. The van der Waals surface area contributed by atoms with Gasteiger partial charge in [0, 0.05) is 24.7 Å². The van der Waals surface area contributed by atoms with Crippen molar-refractivity contribution in [1.82, 2.24) is 14.8 Å². The van der Waals surface area contributed by atoms with E-state index in [-0.39, 0.29) is 11.9 Å². The van der Waals surface area contributed by atoms with Crippen molar-refractivity contribution in [2.75, 3.05) is 0 Å². The lowest BCUT2D eigenvalue weighted by atomic mass is 10.1. The number of hydrogen-bond acceptors (Lipinski definition) is 3. The van der Waals surface area contributed by atoms with E-state index in [1.807, 2.05) is 0 Å². The molecule has 1 aromatic carbocycles. The third-order valence-corrected chi connectivity index (χ3v) is 3.25. The average Bonchev–Trinajstić information content (AvgIpc) is 2.69. The Balaban J connectivity index is 1.88. The molecule has 0 saturated heterocycles. The molecule has 0 fully saturated rings. The van der Waals surface area contributed by atoms with Gasteiger partial charge in [-0.25, -0.2) is 18.4 Å². The Kier molecular flexibility index (Phi) is 3.22. The fourth-order valence-electron chi connectivity index (χ4n) is 2.16. The molecule has 2 aromatic rings. The number of ether oxygens (including phenoxy) is 1. The highest BCUT2D eigenvalue weighted by atomic mass is 79.9. The summed E-state index contributed by atoms with van der Waals surface area (Å²) in [6.45, 7) is 0.769. The van der Waals surface area contributed by atoms with Gasteiger partial charge in [0.15, 0.2) is 11.9 Å². The highest BCUT2D eigenvalue weighted by Crippen LogP contribution is 2.30. The fourth-order valence-corrected chi connectivity index (χ4v) is 2.53. The predicted octanol–water partition coefficient (Wildman–Crippen LogP) is 3.23. The molecule has 1 atom stereocenters. The van der Waals surface area contributed by atoms with Crippen LogP contribution in [0.2, 0.25) is 0 Å². The molecule has 0 radical (unpaired) electrons. The summed E-state index contributed by atoms with van der Waals surface area (Å²) < 4.78 is 34.1. The van der Waals surface area contributed by atoms with Gasteiger partial charge in [0.1, 0.15) is 17.4 Å². The molecule has 2 heterocycles. The van der Waals surface area contributed by atoms with Gasteiger partial charge in [-0.05, 0) is 28.8 Å². The van der Waals surface area contributed by atoms with E-state index in [2.05, 4.69) is 26.0 Å². The lowest BCUT2D eigenvalue weighted by Gasteiger charge is -2.23. The molecule has 0 bridgehead atoms. The number of fused-ring (bicyclic) bond motifs is 1. The van der Waals surface area contributed by atoms with Crippen LogP contribution in [-0.2, 0) is 6.54 Å². The van der Waals surface area contributed by atoms with Crippen LogP contribution in [0.1, 0.15) is 24.8 Å². The van der Waals surface area contributed by atoms with Crippen LogP contribution in [0.4, 0.5) is 8.78 Å². The second-order valence-electron chi connectivity index (χ2n) is 4.32. The first-order valence-electron chi connectivity index (χ1n) is 5.85. The van der Waals surface area contributed by atoms with Gasteiger partial charge in [-0.2, -0.15) is 0 Å². The van der Waals surface area contributed by atoms with Crippen LogP contribution in [0.5, 0.6) is 5.75 Å². The summed E-state index contributed by atoms with van der Waals surface area (Å²) in [5.41, 5.74) is 0. The van der Waals surface area contributed by atoms with Gasteiger partial charge in [-0.3, -0.25) is 0 Å². The number of benzene rings is 1. The molecule has 0 spiro atoms. The summed E-state index contributed by atoms with van der Waals surface area (Å²) in [5.74, 6) is -0.486. The lowest BCUT2D eigenvalue weighted by Crippen LogP contribution is -2.21. The summed E-state index contributed by atoms with van der Waals surface area (Å²) in [5, 5.41) is 4.17. The molecular weight excluding hydrogens is 320 g/mol. The number of hydrogen-bond donors (Lipinski definition) is 0. The smallest absolute Gasteiger partial charge is 0.217 e. The van der Waals surface area contributed by atoms with E-state index in [1.165, 1.54) is 0 Å². The minimum absolute atomic E-state index is 0.162. The number of aryl methyl sites for hydroxylation is 1. The maximum Gasteiger partial charge on any atom is 0.217 e. The first-order chi connectivity index (χ1) is 9.11. The molecule has 0 amide bonds. The molecule has 0 aliphatic carbocycles. The molecule has 7 heteroatoms. The van der Waals surface area contributed by atoms with Gasteiger partial charge in [0.05, 0.1) is 0 Å². The van der Waals surface area contributed by atoms with Crippen molar-refractivity contribution in [3.05, 3.63) is 40.4 Å². The minimum atomic E-state index is -0.659. The quantitative estimate of drug-likeness (QED) is 0.849. The van der Waals surface area contributed by atoms with Gasteiger partial charge in [0.2, 0.25) is 4.73 Å². The summed E-state index contributed by atoms with van der Waals surface area (Å²) in [6, 6.07) is 3.13. The highest BCUT2D eigenvalue weighted by Gasteiger charge is 2.25. The Morgan fingerprint density at radius 2 is 2.00 bits per heavy atom. The summed E-state index contributed by atoms with van der Waals surface area (Å²) in [6.07, 6.45) is 1.28. The van der Waals surface area contributed by atoms with Crippen molar-refractivity contribution in [2.24, 2.45) is 0 Å². The molecule has 0 N–H and O–H groups in total. The zero-order chi connectivity index (χ0) is 13.4. The second kappa shape index (κ2) is 4.88.